The topological polar surface area (TPSA) is 107 Å². The molecule has 3 aromatic rings. The molecule has 0 aliphatic heterocycles. The average Bonchev–Trinajstić information content (AvgIpc) is 3.29. The normalized spacial score (nSPS) is 18.5. The van der Waals surface area contributed by atoms with Gasteiger partial charge in [0.2, 0.25) is 0 Å². The lowest BCUT2D eigenvalue weighted by Crippen LogP contribution is -2.44. The van der Waals surface area contributed by atoms with Crippen LogP contribution in [0.25, 0.3) is 0 Å². The van der Waals surface area contributed by atoms with Crippen LogP contribution in [-0.4, -0.2) is 48.5 Å². The summed E-state index contributed by atoms with van der Waals surface area (Å²) in [5.74, 6) is 2.15. The lowest BCUT2D eigenvalue weighted by molar-refractivity contribution is 0.0906. The molecule has 1 saturated carbocycles. The number of nitrogens with one attached hydrogen (secondary N) is 1. The monoisotopic (exact) mass is 382 g/mol. The minimum absolute atomic E-state index is 0.0499. The number of hydrogen-bond donors (Lipinski definition) is 2. The van der Waals surface area contributed by atoms with E-state index in [2.05, 4.69) is 20.5 Å². The molecule has 0 bridgehead atoms. The number of rotatable bonds is 6. The van der Waals surface area contributed by atoms with Gasteiger partial charge in [0, 0.05) is 37.0 Å². The molecule has 2 aromatic heterocycles. The number of hydrogen-bond acceptors (Lipinski definition) is 6. The first-order valence-corrected chi connectivity index (χ1v) is 9.07. The van der Waals surface area contributed by atoms with Crippen molar-refractivity contribution in [3.05, 3.63) is 54.1 Å². The zero-order chi connectivity index (χ0) is 19.7. The van der Waals surface area contributed by atoms with Crippen molar-refractivity contribution in [3.63, 3.8) is 0 Å². The maximum Gasteiger partial charge on any atom is 0.251 e. The van der Waals surface area contributed by atoms with Crippen LogP contribution in [0.4, 0.5) is 0 Å². The number of methoxy groups -OCH3 is 1. The van der Waals surface area contributed by atoms with Crippen LogP contribution in [0.1, 0.15) is 40.8 Å². The lowest BCUT2D eigenvalue weighted by Gasteiger charge is -2.35. The highest BCUT2D eigenvalue weighted by Crippen LogP contribution is 2.36. The Morgan fingerprint density at radius 2 is 2.18 bits per heavy atom. The Morgan fingerprint density at radius 1 is 1.36 bits per heavy atom. The smallest absolute Gasteiger partial charge is 0.251 e. The minimum Gasteiger partial charge on any atom is -0.504 e. The molecule has 0 radical (unpaired) electrons. The summed E-state index contributed by atoms with van der Waals surface area (Å²) >= 11 is 0. The van der Waals surface area contributed by atoms with Crippen LogP contribution in [0.5, 0.6) is 11.5 Å². The Labute approximate surface area is 162 Å². The number of phenols is 1. The number of aromatic nitrogens is 5. The molecule has 0 unspecified atom stereocenters. The third-order valence-electron chi connectivity index (χ3n) is 5.16. The first-order chi connectivity index (χ1) is 13.5. The number of imidazole rings is 1. The summed E-state index contributed by atoms with van der Waals surface area (Å²) in [6, 6.07) is 4.70. The molecule has 146 valence electrons. The highest BCUT2D eigenvalue weighted by atomic mass is 16.5. The number of nitrogens with zero attached hydrogens (tertiary/aromatic N) is 5. The Bertz CT molecular complexity index is 976. The van der Waals surface area contributed by atoms with Gasteiger partial charge in [0.1, 0.15) is 5.82 Å². The van der Waals surface area contributed by atoms with Gasteiger partial charge in [-0.15, -0.1) is 10.2 Å². The molecule has 4 rings (SSSR count). The number of benzene rings is 1. The van der Waals surface area contributed by atoms with Gasteiger partial charge in [-0.2, -0.15) is 0 Å². The highest BCUT2D eigenvalue weighted by Gasteiger charge is 2.35. The molecule has 2 heterocycles. The molecule has 0 atom stereocenters. The number of carbonyl (C=O) groups is 1. The van der Waals surface area contributed by atoms with Gasteiger partial charge < -0.3 is 24.3 Å². The summed E-state index contributed by atoms with van der Waals surface area (Å²) in [5.41, 5.74) is 0.406. The molecular formula is C19H22N6O3. The average molecular weight is 382 g/mol. The number of aromatic hydroxyl groups is 1. The molecule has 1 amide bonds. The molecule has 1 aliphatic carbocycles. The summed E-state index contributed by atoms with van der Waals surface area (Å²) in [4.78, 5) is 16.4. The van der Waals surface area contributed by atoms with E-state index in [1.807, 2.05) is 22.4 Å². The van der Waals surface area contributed by atoms with Crippen molar-refractivity contribution in [1.82, 2.24) is 29.6 Å². The van der Waals surface area contributed by atoms with Crippen molar-refractivity contribution in [1.29, 1.82) is 0 Å². The van der Waals surface area contributed by atoms with Crippen LogP contribution in [0, 0.1) is 0 Å². The first-order valence-electron chi connectivity index (χ1n) is 9.07. The predicted molar refractivity (Wildman–Crippen MR) is 100 cm³/mol. The Morgan fingerprint density at radius 3 is 2.86 bits per heavy atom. The van der Waals surface area contributed by atoms with Gasteiger partial charge in [0.25, 0.3) is 5.91 Å². The largest absolute Gasteiger partial charge is 0.504 e. The van der Waals surface area contributed by atoms with Gasteiger partial charge in [-0.3, -0.25) is 4.79 Å². The van der Waals surface area contributed by atoms with E-state index in [0.717, 1.165) is 24.5 Å². The second-order valence-corrected chi connectivity index (χ2v) is 6.99. The third kappa shape index (κ3) is 3.42. The van der Waals surface area contributed by atoms with Crippen molar-refractivity contribution in [2.45, 2.75) is 31.3 Å². The van der Waals surface area contributed by atoms with E-state index in [9.17, 15) is 9.90 Å². The zero-order valence-corrected chi connectivity index (χ0v) is 15.7. The van der Waals surface area contributed by atoms with Gasteiger partial charge in [0.15, 0.2) is 17.3 Å². The van der Waals surface area contributed by atoms with E-state index in [-0.39, 0.29) is 23.6 Å². The van der Waals surface area contributed by atoms with Crippen molar-refractivity contribution in [2.24, 2.45) is 7.05 Å². The van der Waals surface area contributed by atoms with Gasteiger partial charge in [-0.1, -0.05) is 0 Å². The van der Waals surface area contributed by atoms with Crippen LogP contribution >= 0.6 is 0 Å². The third-order valence-corrected chi connectivity index (χ3v) is 5.16. The molecular weight excluding hydrogens is 360 g/mol. The van der Waals surface area contributed by atoms with Gasteiger partial charge in [-0.05, 0) is 31.0 Å². The number of ether oxygens (including phenoxy) is 1. The molecule has 28 heavy (non-hydrogen) atoms. The standard InChI is InChI=1S/C19H22N6O3/c1-24-17(10-25-6-5-20-11-25)22-23-18(24)13-7-14(8-13)21-19(27)12-3-4-16(28-2)15(26)9-12/h3-6,9,11,13-14,26H,7-8,10H2,1-2H3,(H,21,27). The van der Waals surface area contributed by atoms with E-state index in [0.29, 0.717) is 17.9 Å². The van der Waals surface area contributed by atoms with E-state index in [1.165, 1.54) is 13.2 Å². The SMILES string of the molecule is COc1ccc(C(=O)NC2CC(c3nnc(Cn4ccnc4)n3C)C2)cc1O. The fourth-order valence-electron chi connectivity index (χ4n) is 3.46. The summed E-state index contributed by atoms with van der Waals surface area (Å²) in [6.07, 6.45) is 7.00. The van der Waals surface area contributed by atoms with Gasteiger partial charge >= 0.3 is 0 Å². The highest BCUT2D eigenvalue weighted by molar-refractivity contribution is 5.95. The van der Waals surface area contributed by atoms with Crippen molar-refractivity contribution < 1.29 is 14.6 Å². The quantitative estimate of drug-likeness (QED) is 0.668. The summed E-state index contributed by atoms with van der Waals surface area (Å²) in [5, 5.41) is 21.5. The van der Waals surface area contributed by atoms with Gasteiger partial charge in [-0.25, -0.2) is 4.98 Å². The Kier molecular flexibility index (Phi) is 4.72. The summed E-state index contributed by atoms with van der Waals surface area (Å²) in [7, 11) is 3.43. The van der Waals surface area contributed by atoms with Crippen molar-refractivity contribution in [2.75, 3.05) is 7.11 Å². The molecule has 9 nitrogen and oxygen atoms in total. The van der Waals surface area contributed by atoms with Crippen LogP contribution in [0.3, 0.4) is 0 Å². The second kappa shape index (κ2) is 7.34. The summed E-state index contributed by atoms with van der Waals surface area (Å²) in [6.45, 7) is 0.622. The minimum atomic E-state index is -0.208. The first kappa shape index (κ1) is 18.0. The molecule has 0 spiro atoms. The fraction of sp³-hybridized carbons (Fsp3) is 0.368. The number of phenolic OH excluding ortho intramolecular Hbond substituents is 1. The molecule has 0 saturated heterocycles. The second-order valence-electron chi connectivity index (χ2n) is 6.99. The van der Waals surface area contributed by atoms with E-state index >= 15 is 0 Å². The van der Waals surface area contributed by atoms with E-state index < -0.39 is 0 Å². The lowest BCUT2D eigenvalue weighted by atomic mass is 9.79. The molecule has 1 fully saturated rings. The van der Waals surface area contributed by atoms with Crippen LogP contribution < -0.4 is 10.1 Å². The van der Waals surface area contributed by atoms with E-state index in [1.54, 1.807) is 24.7 Å². The predicted octanol–water partition coefficient (Wildman–Crippen LogP) is 1.45. The van der Waals surface area contributed by atoms with Crippen LogP contribution in [0.15, 0.2) is 36.9 Å². The van der Waals surface area contributed by atoms with Crippen molar-refractivity contribution >= 4 is 5.91 Å². The summed E-state index contributed by atoms with van der Waals surface area (Å²) < 4.78 is 8.96. The van der Waals surface area contributed by atoms with Gasteiger partial charge in [0.05, 0.1) is 20.0 Å². The van der Waals surface area contributed by atoms with E-state index in [4.69, 9.17) is 4.74 Å². The van der Waals surface area contributed by atoms with Crippen LogP contribution in [0.2, 0.25) is 0 Å². The van der Waals surface area contributed by atoms with Crippen molar-refractivity contribution in [3.8, 4) is 11.5 Å². The Balaban J connectivity index is 1.34. The van der Waals surface area contributed by atoms with Crippen LogP contribution in [-0.2, 0) is 13.6 Å². The fourth-order valence-corrected chi connectivity index (χ4v) is 3.46. The Hall–Kier alpha value is -3.36. The molecule has 1 aliphatic rings. The molecule has 1 aromatic carbocycles. The molecule has 2 N–H and O–H groups in total. The maximum absolute atomic E-state index is 12.4. The number of carbonyl (C=O) groups excluding carboxylic acids is 1. The molecule has 9 heteroatoms. The maximum atomic E-state index is 12.4. The zero-order valence-electron chi connectivity index (χ0n) is 15.7. The number of amides is 1.